The van der Waals surface area contributed by atoms with Crippen LogP contribution in [0.2, 0.25) is 0 Å². The van der Waals surface area contributed by atoms with E-state index in [-0.39, 0.29) is 17.5 Å². The summed E-state index contributed by atoms with van der Waals surface area (Å²) >= 11 is 0. The molecule has 2 aromatic rings. The van der Waals surface area contributed by atoms with E-state index in [0.717, 1.165) is 5.39 Å². The minimum Gasteiger partial charge on any atom is -0.478 e. The van der Waals surface area contributed by atoms with Gasteiger partial charge in [0.25, 0.3) is 5.91 Å². The van der Waals surface area contributed by atoms with Crippen molar-refractivity contribution in [2.45, 2.75) is 19.9 Å². The van der Waals surface area contributed by atoms with Crippen LogP contribution in [0.5, 0.6) is 0 Å². The quantitative estimate of drug-likeness (QED) is 0.888. The van der Waals surface area contributed by atoms with E-state index in [4.69, 9.17) is 5.11 Å². The predicted octanol–water partition coefficient (Wildman–Crippen LogP) is 2.68. The highest BCUT2D eigenvalue weighted by Crippen LogP contribution is 2.20. The van der Waals surface area contributed by atoms with Crippen LogP contribution in [0, 0.1) is 0 Å². The molecule has 2 N–H and O–H groups in total. The molecule has 0 fully saturated rings. The number of hydrogen-bond donors (Lipinski definition) is 2. The van der Waals surface area contributed by atoms with E-state index in [0.29, 0.717) is 10.9 Å². The van der Waals surface area contributed by atoms with Gasteiger partial charge >= 0.3 is 5.97 Å². The Bertz CT molecular complexity index is 647. The van der Waals surface area contributed by atoms with Crippen LogP contribution in [0.15, 0.2) is 36.4 Å². The summed E-state index contributed by atoms with van der Waals surface area (Å²) in [6.45, 7) is 3.76. The number of fused-ring (bicyclic) bond motifs is 1. The molecule has 0 aromatic heterocycles. The fourth-order valence-electron chi connectivity index (χ4n) is 1.94. The number of carbonyl (C=O) groups is 2. The molecular formula is C15H15NO3. The molecular weight excluding hydrogens is 242 g/mol. The van der Waals surface area contributed by atoms with Crippen LogP contribution < -0.4 is 5.32 Å². The summed E-state index contributed by atoms with van der Waals surface area (Å²) in [5, 5.41) is 13.3. The monoisotopic (exact) mass is 257 g/mol. The standard InChI is InChI=1S/C15H15NO3/c1-9(2)16-14(17)12-5-3-4-10-6-7-11(15(18)19)8-13(10)12/h3-9H,1-2H3,(H,16,17)(H,18,19). The summed E-state index contributed by atoms with van der Waals surface area (Å²) < 4.78 is 0. The van der Waals surface area contributed by atoms with Crippen LogP contribution in [0.1, 0.15) is 34.6 Å². The van der Waals surface area contributed by atoms with Crippen molar-refractivity contribution >= 4 is 22.6 Å². The summed E-state index contributed by atoms with van der Waals surface area (Å²) in [5.74, 6) is -1.19. The number of nitrogens with one attached hydrogen (secondary N) is 1. The molecule has 2 aromatic carbocycles. The van der Waals surface area contributed by atoms with Crippen molar-refractivity contribution in [1.82, 2.24) is 5.32 Å². The van der Waals surface area contributed by atoms with Crippen LogP contribution in [0.3, 0.4) is 0 Å². The molecule has 0 aliphatic carbocycles. The number of benzene rings is 2. The lowest BCUT2D eigenvalue weighted by Crippen LogP contribution is -2.30. The maximum absolute atomic E-state index is 12.1. The zero-order valence-corrected chi connectivity index (χ0v) is 10.8. The lowest BCUT2D eigenvalue weighted by molar-refractivity contribution is 0.0696. The Morgan fingerprint density at radius 2 is 1.89 bits per heavy atom. The maximum Gasteiger partial charge on any atom is 0.335 e. The third kappa shape index (κ3) is 2.73. The van der Waals surface area contributed by atoms with Gasteiger partial charge in [0, 0.05) is 11.6 Å². The van der Waals surface area contributed by atoms with Crippen molar-refractivity contribution in [3.63, 3.8) is 0 Å². The zero-order chi connectivity index (χ0) is 14.0. The maximum atomic E-state index is 12.1. The number of amides is 1. The summed E-state index contributed by atoms with van der Waals surface area (Å²) in [7, 11) is 0. The number of carbonyl (C=O) groups excluding carboxylic acids is 1. The van der Waals surface area contributed by atoms with E-state index in [1.165, 1.54) is 12.1 Å². The van der Waals surface area contributed by atoms with Crippen molar-refractivity contribution in [1.29, 1.82) is 0 Å². The third-order valence-electron chi connectivity index (χ3n) is 2.79. The van der Waals surface area contributed by atoms with Gasteiger partial charge in [0.05, 0.1) is 5.56 Å². The summed E-state index contributed by atoms with van der Waals surface area (Å²) in [5.41, 5.74) is 0.673. The molecule has 98 valence electrons. The molecule has 0 spiro atoms. The number of carboxylic acids is 1. The second kappa shape index (κ2) is 5.10. The Kier molecular flexibility index (Phi) is 3.51. The summed E-state index contributed by atoms with van der Waals surface area (Å²) in [6, 6.07) is 10.2. The van der Waals surface area contributed by atoms with Gasteiger partial charge in [-0.15, -0.1) is 0 Å². The predicted molar refractivity (Wildman–Crippen MR) is 73.5 cm³/mol. The zero-order valence-electron chi connectivity index (χ0n) is 10.8. The van der Waals surface area contributed by atoms with Gasteiger partial charge in [-0.3, -0.25) is 4.79 Å². The Balaban J connectivity index is 2.57. The molecule has 0 saturated heterocycles. The summed E-state index contributed by atoms with van der Waals surface area (Å²) in [4.78, 5) is 23.1. The fraction of sp³-hybridized carbons (Fsp3) is 0.200. The molecule has 0 aliphatic heterocycles. The minimum atomic E-state index is -0.999. The van der Waals surface area contributed by atoms with E-state index in [1.807, 2.05) is 19.9 Å². The summed E-state index contributed by atoms with van der Waals surface area (Å²) in [6.07, 6.45) is 0. The van der Waals surface area contributed by atoms with Crippen LogP contribution in [-0.2, 0) is 0 Å². The van der Waals surface area contributed by atoms with Gasteiger partial charge in [0.15, 0.2) is 0 Å². The number of hydrogen-bond acceptors (Lipinski definition) is 2. The van der Waals surface area contributed by atoms with Crippen LogP contribution in [0.4, 0.5) is 0 Å². The van der Waals surface area contributed by atoms with E-state index in [2.05, 4.69) is 5.32 Å². The van der Waals surface area contributed by atoms with Gasteiger partial charge in [-0.2, -0.15) is 0 Å². The first-order chi connectivity index (χ1) is 8.99. The van der Waals surface area contributed by atoms with Gasteiger partial charge in [-0.05, 0) is 42.8 Å². The lowest BCUT2D eigenvalue weighted by atomic mass is 10.0. The van der Waals surface area contributed by atoms with Gasteiger partial charge in [-0.25, -0.2) is 4.79 Å². The molecule has 1 amide bonds. The normalized spacial score (nSPS) is 10.7. The molecule has 0 atom stereocenters. The van der Waals surface area contributed by atoms with E-state index < -0.39 is 5.97 Å². The minimum absolute atomic E-state index is 0.0328. The first kappa shape index (κ1) is 13.1. The fourth-order valence-corrected chi connectivity index (χ4v) is 1.94. The highest BCUT2D eigenvalue weighted by molar-refractivity contribution is 6.08. The second-order valence-corrected chi connectivity index (χ2v) is 4.67. The van der Waals surface area contributed by atoms with Gasteiger partial charge in [0.2, 0.25) is 0 Å². The van der Waals surface area contributed by atoms with Crippen molar-refractivity contribution < 1.29 is 14.7 Å². The highest BCUT2D eigenvalue weighted by Gasteiger charge is 2.12. The van der Waals surface area contributed by atoms with Crippen molar-refractivity contribution in [3.05, 3.63) is 47.5 Å². The molecule has 0 aliphatic rings. The molecule has 0 saturated carbocycles. The van der Waals surface area contributed by atoms with Crippen molar-refractivity contribution in [3.8, 4) is 0 Å². The Morgan fingerprint density at radius 1 is 1.16 bits per heavy atom. The van der Waals surface area contributed by atoms with Gasteiger partial charge in [-0.1, -0.05) is 18.2 Å². The van der Waals surface area contributed by atoms with Crippen molar-refractivity contribution in [2.75, 3.05) is 0 Å². The lowest BCUT2D eigenvalue weighted by Gasteiger charge is -2.11. The molecule has 0 heterocycles. The Labute approximate surface area is 111 Å². The Morgan fingerprint density at radius 3 is 2.53 bits per heavy atom. The number of rotatable bonds is 3. The van der Waals surface area contributed by atoms with Crippen molar-refractivity contribution in [2.24, 2.45) is 0 Å². The Hall–Kier alpha value is -2.36. The van der Waals surface area contributed by atoms with Crippen LogP contribution in [-0.4, -0.2) is 23.0 Å². The average molecular weight is 257 g/mol. The van der Waals surface area contributed by atoms with Gasteiger partial charge in [0.1, 0.15) is 0 Å². The largest absolute Gasteiger partial charge is 0.478 e. The molecule has 19 heavy (non-hydrogen) atoms. The first-order valence-corrected chi connectivity index (χ1v) is 6.06. The number of aromatic carboxylic acids is 1. The molecule has 0 unspecified atom stereocenters. The number of carboxylic acid groups (broad SMARTS) is 1. The molecule has 2 rings (SSSR count). The molecule has 4 heteroatoms. The van der Waals surface area contributed by atoms with E-state index in [9.17, 15) is 9.59 Å². The molecule has 0 radical (unpaired) electrons. The van der Waals surface area contributed by atoms with Gasteiger partial charge < -0.3 is 10.4 Å². The third-order valence-corrected chi connectivity index (χ3v) is 2.79. The van der Waals surface area contributed by atoms with Crippen LogP contribution in [0.25, 0.3) is 10.8 Å². The molecule has 0 bridgehead atoms. The van der Waals surface area contributed by atoms with Crippen LogP contribution >= 0.6 is 0 Å². The average Bonchev–Trinajstić information content (AvgIpc) is 2.36. The topological polar surface area (TPSA) is 66.4 Å². The SMILES string of the molecule is CC(C)NC(=O)c1cccc2ccc(C(=O)O)cc12. The van der Waals surface area contributed by atoms with E-state index in [1.54, 1.807) is 18.2 Å². The highest BCUT2D eigenvalue weighted by atomic mass is 16.4. The smallest absolute Gasteiger partial charge is 0.335 e. The molecule has 4 nitrogen and oxygen atoms in total. The first-order valence-electron chi connectivity index (χ1n) is 6.06. The second-order valence-electron chi connectivity index (χ2n) is 4.67. The van der Waals surface area contributed by atoms with E-state index >= 15 is 0 Å².